The van der Waals surface area contributed by atoms with E-state index in [4.69, 9.17) is 0 Å². The molecule has 13 heavy (non-hydrogen) atoms. The van der Waals surface area contributed by atoms with Gasteiger partial charge in [-0.2, -0.15) is 0 Å². The maximum absolute atomic E-state index is 12.6. The van der Waals surface area contributed by atoms with Crippen LogP contribution in [0.15, 0.2) is 24.3 Å². The molecule has 0 aromatic heterocycles. The topological polar surface area (TPSA) is 29.1 Å². The predicted molar refractivity (Wildman–Crippen MR) is 46.8 cm³/mol. The summed E-state index contributed by atoms with van der Waals surface area (Å²) >= 11 is 0. The van der Waals surface area contributed by atoms with Crippen LogP contribution in [0.1, 0.15) is 17.9 Å². The van der Waals surface area contributed by atoms with Gasteiger partial charge in [-0.15, -0.1) is 0 Å². The molecular formula is C10H10FNO. The van der Waals surface area contributed by atoms with Crippen molar-refractivity contribution in [2.75, 3.05) is 6.54 Å². The molecule has 0 unspecified atom stereocenters. The fourth-order valence-corrected chi connectivity index (χ4v) is 1.58. The zero-order valence-electron chi connectivity index (χ0n) is 7.09. The first-order valence-electron chi connectivity index (χ1n) is 4.28. The average molecular weight is 179 g/mol. The third kappa shape index (κ3) is 1.69. The molecule has 1 fully saturated rings. The second-order valence-electron chi connectivity index (χ2n) is 3.26. The summed E-state index contributed by atoms with van der Waals surface area (Å²) in [6.45, 7) is 0.671. The highest BCUT2D eigenvalue weighted by atomic mass is 19.1. The Hall–Kier alpha value is -1.38. The first-order chi connectivity index (χ1) is 6.25. The summed E-state index contributed by atoms with van der Waals surface area (Å²) in [5.74, 6) is 0.0588. The number of carbonyl (C=O) groups excluding carboxylic acids is 1. The van der Waals surface area contributed by atoms with Crippen molar-refractivity contribution in [3.05, 3.63) is 35.6 Å². The lowest BCUT2D eigenvalue weighted by Crippen LogP contribution is -2.13. The SMILES string of the molecule is O=C1C[C@H](c2ccc(F)cc2)CN1. The van der Waals surface area contributed by atoms with Gasteiger partial charge in [0.1, 0.15) is 5.82 Å². The Bertz CT molecular complexity index is 320. The molecule has 0 saturated carbocycles. The van der Waals surface area contributed by atoms with E-state index in [1.54, 1.807) is 12.1 Å². The first-order valence-corrected chi connectivity index (χ1v) is 4.28. The van der Waals surface area contributed by atoms with Crippen LogP contribution < -0.4 is 5.32 Å². The summed E-state index contributed by atoms with van der Waals surface area (Å²) in [6.07, 6.45) is 0.519. The molecule has 1 heterocycles. The van der Waals surface area contributed by atoms with Crippen LogP contribution in [0.5, 0.6) is 0 Å². The van der Waals surface area contributed by atoms with Crippen molar-refractivity contribution in [1.29, 1.82) is 0 Å². The second kappa shape index (κ2) is 3.17. The van der Waals surface area contributed by atoms with E-state index in [9.17, 15) is 9.18 Å². The average Bonchev–Trinajstić information content (AvgIpc) is 2.53. The van der Waals surface area contributed by atoms with Gasteiger partial charge in [0.25, 0.3) is 0 Å². The molecule has 1 amide bonds. The highest BCUT2D eigenvalue weighted by molar-refractivity contribution is 5.79. The summed E-state index contributed by atoms with van der Waals surface area (Å²) in [5.41, 5.74) is 1.03. The molecule has 0 bridgehead atoms. The molecule has 1 aromatic carbocycles. The van der Waals surface area contributed by atoms with Gasteiger partial charge in [0.15, 0.2) is 0 Å². The van der Waals surface area contributed by atoms with Crippen LogP contribution in [-0.2, 0) is 4.79 Å². The zero-order valence-corrected chi connectivity index (χ0v) is 7.09. The molecule has 1 aliphatic rings. The van der Waals surface area contributed by atoms with Gasteiger partial charge in [0.05, 0.1) is 0 Å². The summed E-state index contributed by atoms with van der Waals surface area (Å²) in [5, 5.41) is 2.75. The lowest BCUT2D eigenvalue weighted by atomic mass is 9.98. The Kier molecular flexibility index (Phi) is 2.00. The van der Waals surface area contributed by atoms with Crippen LogP contribution in [0, 0.1) is 5.82 Å². The van der Waals surface area contributed by atoms with E-state index in [1.165, 1.54) is 12.1 Å². The second-order valence-corrected chi connectivity index (χ2v) is 3.26. The van der Waals surface area contributed by atoms with Crippen LogP contribution >= 0.6 is 0 Å². The van der Waals surface area contributed by atoms with Gasteiger partial charge in [0, 0.05) is 18.9 Å². The quantitative estimate of drug-likeness (QED) is 0.694. The van der Waals surface area contributed by atoms with Gasteiger partial charge in [-0.05, 0) is 17.7 Å². The van der Waals surface area contributed by atoms with Crippen LogP contribution in [0.4, 0.5) is 4.39 Å². The molecule has 2 nitrogen and oxygen atoms in total. The normalized spacial score (nSPS) is 21.6. The molecule has 2 rings (SSSR count). The Labute approximate surface area is 75.8 Å². The molecule has 0 aliphatic carbocycles. The van der Waals surface area contributed by atoms with E-state index < -0.39 is 0 Å². The summed E-state index contributed by atoms with van der Waals surface area (Å²) in [6, 6.07) is 6.33. The van der Waals surface area contributed by atoms with Crippen molar-refractivity contribution in [2.24, 2.45) is 0 Å². The van der Waals surface area contributed by atoms with E-state index in [0.717, 1.165) is 5.56 Å². The highest BCUT2D eigenvalue weighted by Crippen LogP contribution is 2.22. The smallest absolute Gasteiger partial charge is 0.220 e. The molecular weight excluding hydrogens is 169 g/mol. The first kappa shape index (κ1) is 8.23. The number of nitrogens with one attached hydrogen (secondary N) is 1. The zero-order chi connectivity index (χ0) is 9.26. The summed E-state index contributed by atoms with van der Waals surface area (Å²) in [7, 11) is 0. The molecule has 0 radical (unpaired) electrons. The number of carbonyl (C=O) groups is 1. The lowest BCUT2D eigenvalue weighted by molar-refractivity contribution is -0.119. The largest absolute Gasteiger partial charge is 0.355 e. The minimum Gasteiger partial charge on any atom is -0.355 e. The van der Waals surface area contributed by atoms with Crippen molar-refractivity contribution >= 4 is 5.91 Å². The van der Waals surface area contributed by atoms with Crippen molar-refractivity contribution in [2.45, 2.75) is 12.3 Å². The number of amides is 1. The monoisotopic (exact) mass is 179 g/mol. The van der Waals surface area contributed by atoms with Gasteiger partial charge in [-0.3, -0.25) is 4.79 Å². The van der Waals surface area contributed by atoms with Crippen molar-refractivity contribution < 1.29 is 9.18 Å². The third-order valence-electron chi connectivity index (χ3n) is 2.32. The number of rotatable bonds is 1. The fourth-order valence-electron chi connectivity index (χ4n) is 1.58. The fraction of sp³-hybridized carbons (Fsp3) is 0.300. The van der Waals surface area contributed by atoms with Gasteiger partial charge in [-0.1, -0.05) is 12.1 Å². The van der Waals surface area contributed by atoms with Crippen molar-refractivity contribution in [1.82, 2.24) is 5.32 Å². The number of hydrogen-bond donors (Lipinski definition) is 1. The maximum Gasteiger partial charge on any atom is 0.220 e. The Morgan fingerprint density at radius 3 is 2.54 bits per heavy atom. The minimum atomic E-state index is -0.235. The van der Waals surface area contributed by atoms with Crippen LogP contribution in [0.25, 0.3) is 0 Å². The Morgan fingerprint density at radius 1 is 1.31 bits per heavy atom. The molecule has 3 heteroatoms. The Morgan fingerprint density at radius 2 is 2.00 bits per heavy atom. The number of halogens is 1. The lowest BCUT2D eigenvalue weighted by Gasteiger charge is -2.06. The number of benzene rings is 1. The predicted octanol–water partition coefficient (Wildman–Crippen LogP) is 1.43. The van der Waals surface area contributed by atoms with E-state index in [1.807, 2.05) is 0 Å². The molecule has 1 N–H and O–H groups in total. The van der Waals surface area contributed by atoms with Gasteiger partial charge < -0.3 is 5.32 Å². The molecule has 1 saturated heterocycles. The third-order valence-corrected chi connectivity index (χ3v) is 2.32. The minimum absolute atomic E-state index is 0.0781. The van der Waals surface area contributed by atoms with Crippen LogP contribution in [0.3, 0.4) is 0 Å². The van der Waals surface area contributed by atoms with Gasteiger partial charge in [0.2, 0.25) is 5.91 Å². The molecule has 1 aromatic rings. The van der Waals surface area contributed by atoms with Crippen LogP contribution in [0.2, 0.25) is 0 Å². The standard InChI is InChI=1S/C10H10FNO/c11-9-3-1-7(2-4-9)8-5-10(13)12-6-8/h1-4,8H,5-6H2,(H,12,13)/t8-/m0/s1. The number of hydrogen-bond acceptors (Lipinski definition) is 1. The van der Waals surface area contributed by atoms with E-state index in [2.05, 4.69) is 5.32 Å². The van der Waals surface area contributed by atoms with Crippen LogP contribution in [-0.4, -0.2) is 12.5 Å². The maximum atomic E-state index is 12.6. The molecule has 68 valence electrons. The molecule has 1 atom stereocenters. The highest BCUT2D eigenvalue weighted by Gasteiger charge is 2.22. The van der Waals surface area contributed by atoms with Gasteiger partial charge >= 0.3 is 0 Å². The molecule has 1 aliphatic heterocycles. The van der Waals surface area contributed by atoms with E-state index in [0.29, 0.717) is 13.0 Å². The van der Waals surface area contributed by atoms with Gasteiger partial charge in [-0.25, -0.2) is 4.39 Å². The Balaban J connectivity index is 2.17. The van der Waals surface area contributed by atoms with Crippen molar-refractivity contribution in [3.8, 4) is 0 Å². The van der Waals surface area contributed by atoms with Crippen molar-refractivity contribution in [3.63, 3.8) is 0 Å². The van der Waals surface area contributed by atoms with E-state index >= 15 is 0 Å². The summed E-state index contributed by atoms with van der Waals surface area (Å²) in [4.78, 5) is 10.9. The van der Waals surface area contributed by atoms with E-state index in [-0.39, 0.29) is 17.6 Å². The summed E-state index contributed by atoms with van der Waals surface area (Å²) < 4.78 is 12.6. The molecule has 0 spiro atoms.